The van der Waals surface area contributed by atoms with Gasteiger partial charge in [0.2, 0.25) is 0 Å². The minimum atomic E-state index is -3.74. The monoisotopic (exact) mass is 384 g/mol. The molecule has 0 unspecified atom stereocenters. The fraction of sp³-hybridized carbons (Fsp3) is 0.286. The number of hydrogen-bond donors (Lipinski definition) is 0. The molecule has 1 heterocycles. The third kappa shape index (κ3) is 3.76. The van der Waals surface area contributed by atoms with Crippen LogP contribution in [-0.4, -0.2) is 20.6 Å². The van der Waals surface area contributed by atoms with E-state index in [0.717, 1.165) is 16.8 Å². The number of anilines is 1. The van der Waals surface area contributed by atoms with E-state index in [4.69, 9.17) is 4.52 Å². The van der Waals surface area contributed by atoms with Gasteiger partial charge >= 0.3 is 0 Å². The molecule has 142 valence electrons. The third-order valence-corrected chi connectivity index (χ3v) is 6.39. The first kappa shape index (κ1) is 19.2. The number of aryl methyl sites for hydroxylation is 2. The molecule has 0 atom stereocenters. The second-order valence-electron chi connectivity index (χ2n) is 7.05. The maximum Gasteiger partial charge on any atom is 0.264 e. The van der Waals surface area contributed by atoms with Crippen LogP contribution in [-0.2, 0) is 10.0 Å². The molecular weight excluding hydrogens is 360 g/mol. The van der Waals surface area contributed by atoms with Crippen molar-refractivity contribution in [2.75, 3.05) is 11.4 Å². The lowest BCUT2D eigenvalue weighted by Gasteiger charge is -2.23. The van der Waals surface area contributed by atoms with Crippen LogP contribution in [0.1, 0.15) is 36.6 Å². The fourth-order valence-corrected chi connectivity index (χ4v) is 4.56. The Morgan fingerprint density at radius 1 is 1.04 bits per heavy atom. The molecule has 27 heavy (non-hydrogen) atoms. The predicted molar refractivity (Wildman–Crippen MR) is 108 cm³/mol. The zero-order chi connectivity index (χ0) is 19.8. The molecule has 0 N–H and O–H groups in total. The van der Waals surface area contributed by atoms with Gasteiger partial charge < -0.3 is 4.52 Å². The second-order valence-corrected chi connectivity index (χ2v) is 8.99. The van der Waals surface area contributed by atoms with Gasteiger partial charge in [0.15, 0.2) is 5.76 Å². The van der Waals surface area contributed by atoms with Gasteiger partial charge in [0.1, 0.15) is 0 Å². The Labute approximate surface area is 160 Å². The van der Waals surface area contributed by atoms with Gasteiger partial charge in [0, 0.05) is 18.7 Å². The van der Waals surface area contributed by atoms with Crippen LogP contribution >= 0.6 is 0 Å². The summed E-state index contributed by atoms with van der Waals surface area (Å²) in [5.74, 6) is 0.615. The van der Waals surface area contributed by atoms with E-state index < -0.39 is 10.0 Å². The van der Waals surface area contributed by atoms with E-state index >= 15 is 0 Å². The lowest BCUT2D eigenvalue weighted by atomic mass is 10.0. The molecule has 1 aromatic heterocycles. The molecule has 0 aliphatic rings. The minimum absolute atomic E-state index is 0.0613. The van der Waals surface area contributed by atoms with Crippen molar-refractivity contribution in [2.45, 2.75) is 38.5 Å². The molecular formula is C21H24N2O3S. The number of aromatic nitrogens is 1. The number of rotatable bonds is 5. The molecule has 5 nitrogen and oxygen atoms in total. The molecule has 3 rings (SSSR count). The van der Waals surface area contributed by atoms with Crippen molar-refractivity contribution in [3.8, 4) is 11.3 Å². The number of hydrogen-bond acceptors (Lipinski definition) is 4. The van der Waals surface area contributed by atoms with Crippen molar-refractivity contribution in [3.63, 3.8) is 0 Å². The highest BCUT2D eigenvalue weighted by atomic mass is 32.2. The van der Waals surface area contributed by atoms with Crippen molar-refractivity contribution in [2.24, 2.45) is 0 Å². The highest BCUT2D eigenvalue weighted by molar-refractivity contribution is 7.92. The van der Waals surface area contributed by atoms with E-state index in [0.29, 0.717) is 17.0 Å². The lowest BCUT2D eigenvalue weighted by molar-refractivity contribution is 0.427. The van der Waals surface area contributed by atoms with Crippen molar-refractivity contribution in [3.05, 3.63) is 65.4 Å². The minimum Gasteiger partial charge on any atom is -0.356 e. The van der Waals surface area contributed by atoms with Gasteiger partial charge in [-0.25, -0.2) is 8.42 Å². The molecule has 3 aromatic rings. The second kappa shape index (κ2) is 7.19. The molecule has 6 heteroatoms. The van der Waals surface area contributed by atoms with Crippen molar-refractivity contribution >= 4 is 15.7 Å². The van der Waals surface area contributed by atoms with E-state index in [-0.39, 0.29) is 10.8 Å². The van der Waals surface area contributed by atoms with Crippen LogP contribution in [0, 0.1) is 13.8 Å². The Bertz CT molecular complexity index is 1070. The van der Waals surface area contributed by atoms with Crippen LogP contribution in [0.15, 0.2) is 57.9 Å². The number of nitrogens with zero attached hydrogens (tertiary/aromatic N) is 2. The van der Waals surface area contributed by atoms with Crippen LogP contribution in [0.2, 0.25) is 0 Å². The molecule has 0 aliphatic heterocycles. The Hall–Kier alpha value is -2.60. The first-order chi connectivity index (χ1) is 12.7. The van der Waals surface area contributed by atoms with Gasteiger partial charge in [0.05, 0.1) is 16.3 Å². The highest BCUT2D eigenvalue weighted by Crippen LogP contribution is 2.33. The van der Waals surface area contributed by atoms with Crippen LogP contribution in [0.4, 0.5) is 5.69 Å². The molecule has 0 saturated carbocycles. The highest BCUT2D eigenvalue weighted by Gasteiger charge is 2.26. The summed E-state index contributed by atoms with van der Waals surface area (Å²) >= 11 is 0. The standard InChI is InChI=1S/C21H24N2O3S/c1-14(2)19-10-9-17(20-12-16(4)22-26-20)13-21(19)27(24,25)23(5)18-8-6-7-15(3)11-18/h6-14H,1-5H3. The smallest absolute Gasteiger partial charge is 0.264 e. The molecule has 0 spiro atoms. The van der Waals surface area contributed by atoms with Gasteiger partial charge in [-0.2, -0.15) is 0 Å². The quantitative estimate of drug-likeness (QED) is 0.627. The summed E-state index contributed by atoms with van der Waals surface area (Å²) in [6.07, 6.45) is 0. The summed E-state index contributed by atoms with van der Waals surface area (Å²) < 4.78 is 33.5. The van der Waals surface area contributed by atoms with Crippen LogP contribution < -0.4 is 4.31 Å². The number of benzene rings is 2. The van der Waals surface area contributed by atoms with Gasteiger partial charge in [-0.3, -0.25) is 4.31 Å². The average molecular weight is 385 g/mol. The SMILES string of the molecule is Cc1cccc(N(C)S(=O)(=O)c2cc(-c3cc(C)no3)ccc2C(C)C)c1. The Kier molecular flexibility index (Phi) is 5.11. The molecule has 0 amide bonds. The van der Waals surface area contributed by atoms with E-state index in [9.17, 15) is 8.42 Å². The van der Waals surface area contributed by atoms with E-state index in [1.54, 1.807) is 25.2 Å². The molecule has 0 fully saturated rings. The van der Waals surface area contributed by atoms with E-state index in [1.807, 2.05) is 58.0 Å². The maximum atomic E-state index is 13.4. The van der Waals surface area contributed by atoms with E-state index in [1.165, 1.54) is 4.31 Å². The van der Waals surface area contributed by atoms with E-state index in [2.05, 4.69) is 5.16 Å². The van der Waals surface area contributed by atoms with Crippen molar-refractivity contribution < 1.29 is 12.9 Å². The Morgan fingerprint density at radius 3 is 2.37 bits per heavy atom. The Morgan fingerprint density at radius 2 is 1.78 bits per heavy atom. The van der Waals surface area contributed by atoms with Crippen LogP contribution in [0.5, 0.6) is 0 Å². The molecule has 2 aromatic carbocycles. The molecule has 0 radical (unpaired) electrons. The molecule has 0 saturated heterocycles. The van der Waals surface area contributed by atoms with Gasteiger partial charge in [-0.05, 0) is 49.1 Å². The summed E-state index contributed by atoms with van der Waals surface area (Å²) in [5.41, 5.74) is 3.85. The first-order valence-electron chi connectivity index (χ1n) is 8.83. The average Bonchev–Trinajstić information content (AvgIpc) is 3.07. The lowest BCUT2D eigenvalue weighted by Crippen LogP contribution is -2.27. The zero-order valence-electron chi connectivity index (χ0n) is 16.2. The van der Waals surface area contributed by atoms with Gasteiger partial charge in [-0.1, -0.05) is 43.3 Å². The predicted octanol–water partition coefficient (Wildman–Crippen LogP) is 4.91. The maximum absolute atomic E-state index is 13.4. The van der Waals surface area contributed by atoms with Crippen LogP contribution in [0.3, 0.4) is 0 Å². The molecule has 0 bridgehead atoms. The summed E-state index contributed by atoms with van der Waals surface area (Å²) in [6, 6.07) is 14.7. The summed E-state index contributed by atoms with van der Waals surface area (Å²) in [6.45, 7) is 7.74. The summed E-state index contributed by atoms with van der Waals surface area (Å²) in [5, 5.41) is 3.90. The van der Waals surface area contributed by atoms with Gasteiger partial charge in [-0.15, -0.1) is 0 Å². The first-order valence-corrected chi connectivity index (χ1v) is 10.3. The molecule has 0 aliphatic carbocycles. The van der Waals surface area contributed by atoms with Crippen molar-refractivity contribution in [1.82, 2.24) is 5.16 Å². The summed E-state index contributed by atoms with van der Waals surface area (Å²) in [4.78, 5) is 0.285. The van der Waals surface area contributed by atoms with Gasteiger partial charge in [0.25, 0.3) is 10.0 Å². The summed E-state index contributed by atoms with van der Waals surface area (Å²) in [7, 11) is -2.15. The van der Waals surface area contributed by atoms with Crippen molar-refractivity contribution in [1.29, 1.82) is 0 Å². The van der Waals surface area contributed by atoms with Crippen LogP contribution in [0.25, 0.3) is 11.3 Å². The topological polar surface area (TPSA) is 63.4 Å². The third-order valence-electron chi connectivity index (χ3n) is 4.55. The number of sulfonamides is 1. The largest absolute Gasteiger partial charge is 0.356 e. The Balaban J connectivity index is 2.14. The zero-order valence-corrected chi connectivity index (χ0v) is 17.0. The normalized spacial score (nSPS) is 11.8. The fourth-order valence-electron chi connectivity index (χ4n) is 3.00.